The molecule has 1 rings (SSSR count). The van der Waals surface area contributed by atoms with Crippen LogP contribution in [0.1, 0.15) is 13.8 Å². The second kappa shape index (κ2) is 7.28. The normalized spacial score (nSPS) is 13.8. The number of hydrogen-bond donors (Lipinski definition) is 0. The molecule has 1 aromatic rings. The Bertz CT molecular complexity index is 666. The lowest BCUT2D eigenvalue weighted by Gasteiger charge is -2.20. The van der Waals surface area contributed by atoms with Gasteiger partial charge >= 0.3 is 12.8 Å². The zero-order valence-electron chi connectivity index (χ0n) is 11.8. The van der Waals surface area contributed by atoms with Crippen molar-refractivity contribution in [2.45, 2.75) is 24.0 Å². The Morgan fingerprint density at radius 2 is 1.68 bits per heavy atom. The molecule has 0 aliphatic carbocycles. The highest BCUT2D eigenvalue weighted by Gasteiger charge is 2.46. The molecule has 8 nitrogen and oxygen atoms in total. The fraction of sp³-hybridized carbons (Fsp3) is 0.455. The minimum absolute atomic E-state index is 0.201. The summed E-state index contributed by atoms with van der Waals surface area (Å²) in [5.41, 5.74) is -0.354. The van der Waals surface area contributed by atoms with Crippen LogP contribution in [0.15, 0.2) is 29.2 Å². The van der Waals surface area contributed by atoms with Crippen molar-refractivity contribution < 1.29 is 31.3 Å². The molecule has 0 aromatic heterocycles. The zero-order valence-corrected chi connectivity index (χ0v) is 13.6. The predicted octanol–water partition coefficient (Wildman–Crippen LogP) is 2.89. The Hall–Kier alpha value is -1.35. The van der Waals surface area contributed by atoms with E-state index < -0.39 is 32.5 Å². The van der Waals surface area contributed by atoms with E-state index in [0.29, 0.717) is 0 Å². The minimum Gasteiger partial charge on any atom is -0.306 e. The van der Waals surface area contributed by atoms with Crippen molar-refractivity contribution in [2.75, 3.05) is 13.2 Å². The highest BCUT2D eigenvalue weighted by molar-refractivity contribution is 7.98. The number of hydrogen-bond acceptors (Lipinski definition) is 7. The number of nitro groups is 1. The lowest BCUT2D eigenvalue weighted by molar-refractivity contribution is -0.384. The van der Waals surface area contributed by atoms with E-state index in [-0.39, 0.29) is 18.9 Å². The molecule has 0 bridgehead atoms. The molecule has 0 radical (unpaired) electrons. The molecule has 0 aliphatic heterocycles. The van der Waals surface area contributed by atoms with Crippen molar-refractivity contribution in [2.24, 2.45) is 0 Å². The molecule has 0 fully saturated rings. The Morgan fingerprint density at radius 1 is 1.23 bits per heavy atom. The summed E-state index contributed by atoms with van der Waals surface area (Å²) in [6.45, 7) is 2.43. The van der Waals surface area contributed by atoms with Gasteiger partial charge in [-0.2, -0.15) is 0 Å². The number of rotatable bonds is 8. The van der Waals surface area contributed by atoms with E-state index in [4.69, 9.17) is 0 Å². The van der Waals surface area contributed by atoms with Crippen LogP contribution in [0.5, 0.6) is 0 Å². The van der Waals surface area contributed by atoms with Crippen molar-refractivity contribution in [3.63, 3.8) is 0 Å². The van der Waals surface area contributed by atoms with Crippen LogP contribution in [-0.2, 0) is 23.4 Å². The van der Waals surface area contributed by atoms with Crippen LogP contribution in [0.25, 0.3) is 0 Å². The molecule has 0 aliphatic rings. The molecule has 0 heterocycles. The number of alkyl halides is 1. The first-order chi connectivity index (χ1) is 10.2. The van der Waals surface area contributed by atoms with Crippen LogP contribution in [0.4, 0.5) is 10.1 Å². The van der Waals surface area contributed by atoms with Crippen molar-refractivity contribution >= 4 is 23.1 Å². The Morgan fingerprint density at radius 3 is 2.05 bits per heavy atom. The SMILES string of the molecule is CCOP(=O)(OCC)C(F)S(=O)(=O)c1ccc([N+](=O)[O-])cc1. The highest BCUT2D eigenvalue weighted by Crippen LogP contribution is 2.56. The number of halogens is 1. The van der Waals surface area contributed by atoms with Gasteiger partial charge in [0.2, 0.25) is 9.84 Å². The van der Waals surface area contributed by atoms with Crippen LogP contribution in [-0.4, -0.2) is 31.8 Å². The molecule has 0 amide bonds. The molecule has 124 valence electrons. The molecule has 0 spiro atoms. The summed E-state index contributed by atoms with van der Waals surface area (Å²) < 4.78 is 60.1. The van der Waals surface area contributed by atoms with Gasteiger partial charge in [-0.05, 0) is 26.0 Å². The maximum atomic E-state index is 14.3. The minimum atomic E-state index is -4.69. The number of nitro benzene ring substituents is 1. The smallest absolute Gasteiger partial charge is 0.306 e. The van der Waals surface area contributed by atoms with Crippen LogP contribution >= 0.6 is 7.60 Å². The number of non-ortho nitro benzene ring substituents is 1. The van der Waals surface area contributed by atoms with Gasteiger partial charge in [0.1, 0.15) is 0 Å². The lowest BCUT2D eigenvalue weighted by Crippen LogP contribution is -2.20. The molecule has 0 N–H and O–H groups in total. The molecule has 0 saturated carbocycles. The Labute approximate surface area is 126 Å². The number of sulfone groups is 1. The van der Waals surface area contributed by atoms with Gasteiger partial charge < -0.3 is 9.05 Å². The topological polar surface area (TPSA) is 113 Å². The van der Waals surface area contributed by atoms with E-state index in [2.05, 4.69) is 9.05 Å². The summed E-state index contributed by atoms with van der Waals surface area (Å²) in [6.07, 6.45) is 0. The standard InChI is InChI=1S/C11H15FNO7PS/c1-3-19-21(16,20-4-2)11(12)22(17,18)10-7-5-9(6-8-10)13(14)15/h5-8,11H,3-4H2,1-2H3. The van der Waals surface area contributed by atoms with Crippen molar-refractivity contribution in [1.82, 2.24) is 0 Å². The molecule has 1 unspecified atom stereocenters. The Kier molecular flexibility index (Phi) is 6.18. The second-order valence-corrected chi connectivity index (χ2v) is 8.34. The van der Waals surface area contributed by atoms with Gasteiger partial charge in [-0.3, -0.25) is 14.7 Å². The quantitative estimate of drug-likeness (QED) is 0.400. The van der Waals surface area contributed by atoms with E-state index in [0.717, 1.165) is 24.3 Å². The van der Waals surface area contributed by atoms with E-state index in [1.807, 2.05) is 0 Å². The molecule has 22 heavy (non-hydrogen) atoms. The summed E-state index contributed by atoms with van der Waals surface area (Å²) >= 11 is 0. The van der Waals surface area contributed by atoms with Gasteiger partial charge in [-0.15, -0.1) is 0 Å². The first-order valence-corrected chi connectivity index (χ1v) is 9.36. The van der Waals surface area contributed by atoms with Crippen molar-refractivity contribution in [1.29, 1.82) is 0 Å². The second-order valence-electron chi connectivity index (χ2n) is 3.96. The molecule has 1 atom stereocenters. The van der Waals surface area contributed by atoms with Gasteiger partial charge in [-0.25, -0.2) is 12.8 Å². The third-order valence-corrected chi connectivity index (χ3v) is 7.28. The summed E-state index contributed by atoms with van der Waals surface area (Å²) in [7, 11) is -9.20. The van der Waals surface area contributed by atoms with Crippen molar-refractivity contribution in [3.8, 4) is 0 Å². The highest BCUT2D eigenvalue weighted by atomic mass is 32.2. The van der Waals surface area contributed by atoms with Crippen LogP contribution in [0.2, 0.25) is 0 Å². The largest absolute Gasteiger partial charge is 0.380 e. The number of benzene rings is 1. The van der Waals surface area contributed by atoms with Gasteiger partial charge in [0, 0.05) is 12.1 Å². The van der Waals surface area contributed by atoms with E-state index in [1.54, 1.807) is 0 Å². The fourth-order valence-corrected chi connectivity index (χ4v) is 5.41. The molecular weight excluding hydrogens is 340 g/mol. The zero-order chi connectivity index (χ0) is 17.0. The fourth-order valence-electron chi connectivity index (χ4n) is 1.55. The molecular formula is C11H15FNO7PS. The molecule has 1 aromatic carbocycles. The molecule has 0 saturated heterocycles. The predicted molar refractivity (Wildman–Crippen MR) is 76.0 cm³/mol. The van der Waals surface area contributed by atoms with Crippen molar-refractivity contribution in [3.05, 3.63) is 34.4 Å². The number of nitrogens with zero attached hydrogens (tertiary/aromatic N) is 1. The average molecular weight is 355 g/mol. The molecule has 11 heteroatoms. The maximum Gasteiger partial charge on any atom is 0.380 e. The van der Waals surface area contributed by atoms with Crippen LogP contribution in [0.3, 0.4) is 0 Å². The van der Waals surface area contributed by atoms with E-state index in [9.17, 15) is 27.5 Å². The summed E-state index contributed by atoms with van der Waals surface area (Å²) in [5.74, 6) is 0. The Balaban J connectivity index is 3.21. The van der Waals surface area contributed by atoms with Gasteiger partial charge in [0.25, 0.3) is 5.69 Å². The monoisotopic (exact) mass is 355 g/mol. The summed E-state index contributed by atoms with van der Waals surface area (Å²) in [5, 5.41) is 7.61. The first-order valence-electron chi connectivity index (χ1n) is 6.20. The lowest BCUT2D eigenvalue weighted by atomic mass is 10.3. The summed E-state index contributed by atoms with van der Waals surface area (Å²) in [4.78, 5) is 9.24. The van der Waals surface area contributed by atoms with Gasteiger partial charge in [0.05, 0.1) is 23.0 Å². The summed E-state index contributed by atoms with van der Waals surface area (Å²) in [6, 6.07) is 3.54. The van der Waals surface area contributed by atoms with Crippen LogP contribution in [0, 0.1) is 10.1 Å². The third-order valence-electron chi connectivity index (χ3n) is 2.50. The third kappa shape index (κ3) is 3.89. The van der Waals surface area contributed by atoms with Gasteiger partial charge in [0.15, 0.2) is 0 Å². The van der Waals surface area contributed by atoms with E-state index >= 15 is 0 Å². The average Bonchev–Trinajstić information content (AvgIpc) is 2.47. The van der Waals surface area contributed by atoms with E-state index in [1.165, 1.54) is 13.8 Å². The first kappa shape index (κ1) is 18.7. The van der Waals surface area contributed by atoms with Gasteiger partial charge in [-0.1, -0.05) is 0 Å². The van der Waals surface area contributed by atoms with Crippen LogP contribution < -0.4 is 0 Å². The maximum absolute atomic E-state index is 14.3.